The molecule has 2 aromatic rings. The van der Waals surface area contributed by atoms with Crippen LogP contribution in [0.3, 0.4) is 0 Å². The molecule has 0 radical (unpaired) electrons. The number of aryl methyl sites for hydroxylation is 1. The van der Waals surface area contributed by atoms with Gasteiger partial charge < -0.3 is 15.5 Å². The van der Waals surface area contributed by atoms with Gasteiger partial charge >= 0.3 is 0 Å². The lowest BCUT2D eigenvalue weighted by atomic mass is 10.2. The fourth-order valence-electron chi connectivity index (χ4n) is 2.10. The van der Waals surface area contributed by atoms with Crippen molar-refractivity contribution in [3.8, 4) is 0 Å². The van der Waals surface area contributed by atoms with Gasteiger partial charge in [0.25, 0.3) is 5.91 Å². The van der Waals surface area contributed by atoms with Crippen LogP contribution < -0.4 is 10.6 Å². The largest absolute Gasteiger partial charge is 0.351 e. The van der Waals surface area contributed by atoms with Crippen molar-refractivity contribution in [1.29, 1.82) is 0 Å². The van der Waals surface area contributed by atoms with E-state index < -0.39 is 0 Å². The third kappa shape index (κ3) is 5.58. The van der Waals surface area contributed by atoms with E-state index in [-0.39, 0.29) is 5.91 Å². The fraction of sp³-hybridized carbons (Fsp3) is 0.353. The van der Waals surface area contributed by atoms with Crippen LogP contribution in [0, 0.1) is 6.92 Å². The van der Waals surface area contributed by atoms with Crippen LogP contribution >= 0.6 is 15.9 Å². The summed E-state index contributed by atoms with van der Waals surface area (Å²) in [7, 11) is 4.01. The fourth-order valence-corrected chi connectivity index (χ4v) is 2.58. The molecule has 0 atom stereocenters. The van der Waals surface area contributed by atoms with Crippen molar-refractivity contribution in [1.82, 2.24) is 20.2 Å². The van der Waals surface area contributed by atoms with Gasteiger partial charge in [-0.3, -0.25) is 4.79 Å². The highest BCUT2D eigenvalue weighted by atomic mass is 79.9. The van der Waals surface area contributed by atoms with Gasteiger partial charge in [0.15, 0.2) is 0 Å². The summed E-state index contributed by atoms with van der Waals surface area (Å²) in [6.07, 6.45) is 3.95. The summed E-state index contributed by atoms with van der Waals surface area (Å²) < 4.78 is 1.03. The summed E-state index contributed by atoms with van der Waals surface area (Å²) in [5.41, 5.74) is 2.36. The van der Waals surface area contributed by atoms with Gasteiger partial charge in [-0.15, -0.1) is 0 Å². The number of anilines is 2. The lowest BCUT2D eigenvalue weighted by molar-refractivity contribution is 0.0947. The number of hydrogen-bond donors (Lipinski definition) is 2. The number of halogens is 1. The van der Waals surface area contributed by atoms with Crippen LogP contribution in [0.1, 0.15) is 22.5 Å². The number of hydrogen-bond acceptors (Lipinski definition) is 5. The van der Waals surface area contributed by atoms with E-state index in [0.29, 0.717) is 18.1 Å². The average molecular weight is 392 g/mol. The molecule has 0 spiro atoms. The van der Waals surface area contributed by atoms with Crippen LogP contribution in [0.25, 0.3) is 0 Å². The number of benzene rings is 1. The van der Waals surface area contributed by atoms with E-state index in [1.54, 1.807) is 6.20 Å². The highest BCUT2D eigenvalue weighted by Crippen LogP contribution is 2.22. The minimum atomic E-state index is -0.201. The zero-order valence-corrected chi connectivity index (χ0v) is 15.7. The highest BCUT2D eigenvalue weighted by molar-refractivity contribution is 9.10. The molecular weight excluding hydrogens is 370 g/mol. The lowest BCUT2D eigenvalue weighted by Gasteiger charge is -2.10. The second-order valence-corrected chi connectivity index (χ2v) is 6.70. The average Bonchev–Trinajstić information content (AvgIpc) is 2.54. The summed E-state index contributed by atoms with van der Waals surface area (Å²) in [6, 6.07) is 5.94. The first-order valence-electron chi connectivity index (χ1n) is 7.74. The van der Waals surface area contributed by atoms with Crippen LogP contribution in [0.15, 0.2) is 35.1 Å². The molecule has 0 saturated carbocycles. The van der Waals surface area contributed by atoms with Gasteiger partial charge in [0.1, 0.15) is 11.5 Å². The van der Waals surface area contributed by atoms with Gasteiger partial charge in [0.2, 0.25) is 0 Å². The third-order valence-electron chi connectivity index (χ3n) is 3.40. The van der Waals surface area contributed by atoms with Crippen molar-refractivity contribution >= 4 is 33.3 Å². The maximum absolute atomic E-state index is 12.0. The maximum atomic E-state index is 12.0. The molecule has 0 aliphatic heterocycles. The summed E-state index contributed by atoms with van der Waals surface area (Å²) >= 11 is 3.44. The molecule has 0 aliphatic rings. The van der Waals surface area contributed by atoms with E-state index in [0.717, 1.165) is 28.7 Å². The highest BCUT2D eigenvalue weighted by Gasteiger charge is 2.08. The van der Waals surface area contributed by atoms with Gasteiger partial charge in [-0.2, -0.15) is 0 Å². The van der Waals surface area contributed by atoms with Crippen LogP contribution in [0.5, 0.6) is 0 Å². The molecule has 0 saturated heterocycles. The normalized spacial score (nSPS) is 10.7. The van der Waals surface area contributed by atoms with E-state index in [1.165, 1.54) is 6.20 Å². The van der Waals surface area contributed by atoms with E-state index in [9.17, 15) is 4.79 Å². The molecule has 1 aromatic heterocycles. The molecule has 128 valence electrons. The number of carbonyl (C=O) groups excluding carboxylic acids is 1. The van der Waals surface area contributed by atoms with E-state index in [1.807, 2.05) is 39.2 Å². The van der Waals surface area contributed by atoms with Gasteiger partial charge in [-0.05, 0) is 57.7 Å². The topological polar surface area (TPSA) is 70.2 Å². The standard InChI is InChI=1S/C17H22BrN5O/c1-12-9-13(18)5-6-14(12)22-16-11-20-15(10-21-16)17(24)19-7-4-8-23(2)3/h5-6,9-11H,4,7-8H2,1-3H3,(H,19,24)(H,21,22). The molecule has 0 aliphatic carbocycles. The second-order valence-electron chi connectivity index (χ2n) is 5.78. The SMILES string of the molecule is Cc1cc(Br)ccc1Nc1cnc(C(=O)NCCCN(C)C)cn1. The van der Waals surface area contributed by atoms with Crippen LogP contribution in [-0.2, 0) is 0 Å². The minimum absolute atomic E-state index is 0.201. The van der Waals surface area contributed by atoms with Crippen LogP contribution in [-0.4, -0.2) is 48.0 Å². The van der Waals surface area contributed by atoms with Gasteiger partial charge in [-0.25, -0.2) is 9.97 Å². The second kappa shape index (κ2) is 8.75. The molecule has 0 fully saturated rings. The Balaban J connectivity index is 1.91. The summed E-state index contributed by atoms with van der Waals surface area (Å²) in [5, 5.41) is 6.04. The quantitative estimate of drug-likeness (QED) is 0.709. The summed E-state index contributed by atoms with van der Waals surface area (Å²) in [6.45, 7) is 3.56. The first kappa shape index (κ1) is 18.4. The predicted octanol–water partition coefficient (Wildman–Crippen LogP) is 2.97. The number of amides is 1. The molecule has 2 rings (SSSR count). The molecule has 6 nitrogen and oxygen atoms in total. The Kier molecular flexibility index (Phi) is 6.69. The molecule has 2 N–H and O–H groups in total. The Bertz CT molecular complexity index is 688. The van der Waals surface area contributed by atoms with Gasteiger partial charge in [0, 0.05) is 16.7 Å². The van der Waals surface area contributed by atoms with Crippen molar-refractivity contribution in [3.63, 3.8) is 0 Å². The third-order valence-corrected chi connectivity index (χ3v) is 3.90. The zero-order valence-electron chi connectivity index (χ0n) is 14.1. The van der Waals surface area contributed by atoms with Crippen LogP contribution in [0.4, 0.5) is 11.5 Å². The van der Waals surface area contributed by atoms with Crippen molar-refractivity contribution in [2.45, 2.75) is 13.3 Å². The monoisotopic (exact) mass is 391 g/mol. The Morgan fingerprint density at radius 1 is 1.25 bits per heavy atom. The predicted molar refractivity (Wildman–Crippen MR) is 99.7 cm³/mol. The molecule has 7 heteroatoms. The Labute approximate surface area is 150 Å². The maximum Gasteiger partial charge on any atom is 0.271 e. The molecule has 1 amide bonds. The number of nitrogens with zero attached hydrogens (tertiary/aromatic N) is 3. The molecule has 1 heterocycles. The van der Waals surface area contributed by atoms with Crippen molar-refractivity contribution in [2.75, 3.05) is 32.5 Å². The lowest BCUT2D eigenvalue weighted by Crippen LogP contribution is -2.27. The van der Waals surface area contributed by atoms with Crippen molar-refractivity contribution in [2.24, 2.45) is 0 Å². The Morgan fingerprint density at radius 3 is 2.67 bits per heavy atom. The molecule has 0 bridgehead atoms. The Hall–Kier alpha value is -1.99. The molecular formula is C17H22BrN5O. The van der Waals surface area contributed by atoms with Crippen LogP contribution in [0.2, 0.25) is 0 Å². The van der Waals surface area contributed by atoms with Gasteiger partial charge in [0.05, 0.1) is 12.4 Å². The molecule has 24 heavy (non-hydrogen) atoms. The number of aromatic nitrogens is 2. The number of rotatable bonds is 7. The van der Waals surface area contributed by atoms with E-state index in [4.69, 9.17) is 0 Å². The summed E-state index contributed by atoms with van der Waals surface area (Å²) in [5.74, 6) is 0.400. The number of nitrogens with one attached hydrogen (secondary N) is 2. The van der Waals surface area contributed by atoms with E-state index >= 15 is 0 Å². The minimum Gasteiger partial charge on any atom is -0.351 e. The number of carbonyl (C=O) groups is 1. The first-order chi connectivity index (χ1) is 11.5. The van der Waals surface area contributed by atoms with Crippen molar-refractivity contribution in [3.05, 3.63) is 46.3 Å². The van der Waals surface area contributed by atoms with E-state index in [2.05, 4.69) is 41.4 Å². The smallest absolute Gasteiger partial charge is 0.271 e. The van der Waals surface area contributed by atoms with Crippen molar-refractivity contribution < 1.29 is 4.79 Å². The zero-order chi connectivity index (χ0) is 17.5. The molecule has 1 aromatic carbocycles. The first-order valence-corrected chi connectivity index (χ1v) is 8.53. The molecule has 0 unspecified atom stereocenters. The van der Waals surface area contributed by atoms with Gasteiger partial charge in [-0.1, -0.05) is 15.9 Å². The Morgan fingerprint density at radius 2 is 2.04 bits per heavy atom. The summed E-state index contributed by atoms with van der Waals surface area (Å²) in [4.78, 5) is 22.5.